The molecule has 3 rings (SSSR count). The molecule has 2 fully saturated rings. The zero-order valence-corrected chi connectivity index (χ0v) is 10.1. The molecule has 0 radical (unpaired) electrons. The Morgan fingerprint density at radius 1 is 1.53 bits per heavy atom. The molecule has 2 aliphatic rings. The monoisotopic (exact) mass is 234 g/mol. The topological polar surface area (TPSA) is 50.2 Å². The van der Waals surface area contributed by atoms with Gasteiger partial charge in [-0.25, -0.2) is 4.98 Å². The maximum Gasteiger partial charge on any atom is 0.274 e. The fourth-order valence-electron chi connectivity index (χ4n) is 2.90. The number of piperidine rings is 1. The number of amides is 1. The molecular formula is C12H18N4O. The van der Waals surface area contributed by atoms with Crippen LogP contribution in [-0.4, -0.2) is 46.0 Å². The van der Waals surface area contributed by atoms with Crippen LogP contribution in [0.5, 0.6) is 0 Å². The second kappa shape index (κ2) is 4.14. The van der Waals surface area contributed by atoms with Crippen molar-refractivity contribution in [2.24, 2.45) is 13.0 Å². The number of imidazole rings is 1. The molecular weight excluding hydrogens is 216 g/mol. The van der Waals surface area contributed by atoms with E-state index in [0.717, 1.165) is 19.6 Å². The Morgan fingerprint density at radius 3 is 3.12 bits per heavy atom. The summed E-state index contributed by atoms with van der Waals surface area (Å²) in [6, 6.07) is 0.497. The molecule has 2 aliphatic heterocycles. The molecule has 0 aromatic carbocycles. The molecule has 0 bridgehead atoms. The largest absolute Gasteiger partial charge is 0.340 e. The molecule has 92 valence electrons. The first-order valence-electron chi connectivity index (χ1n) is 6.24. The van der Waals surface area contributed by atoms with Crippen LogP contribution < -0.4 is 5.32 Å². The quantitative estimate of drug-likeness (QED) is 0.757. The lowest BCUT2D eigenvalue weighted by molar-refractivity contribution is 0.0780. The number of likely N-dealkylation sites (tertiary alicyclic amines) is 1. The first-order valence-corrected chi connectivity index (χ1v) is 6.24. The van der Waals surface area contributed by atoms with Crippen LogP contribution in [0.1, 0.15) is 23.3 Å². The summed E-state index contributed by atoms with van der Waals surface area (Å²) >= 11 is 0. The smallest absolute Gasteiger partial charge is 0.274 e. The summed E-state index contributed by atoms with van der Waals surface area (Å²) in [6.45, 7) is 2.81. The van der Waals surface area contributed by atoms with E-state index in [1.54, 1.807) is 12.5 Å². The molecule has 1 aromatic rings. The molecule has 3 heterocycles. The molecule has 2 saturated heterocycles. The average Bonchev–Trinajstić information content (AvgIpc) is 2.93. The van der Waals surface area contributed by atoms with E-state index < -0.39 is 0 Å². The number of rotatable bonds is 1. The number of nitrogens with one attached hydrogen (secondary N) is 1. The summed E-state index contributed by atoms with van der Waals surface area (Å²) < 4.78 is 1.81. The maximum absolute atomic E-state index is 12.2. The Balaban J connectivity index is 1.71. The number of hydrogen-bond donors (Lipinski definition) is 1. The molecule has 5 nitrogen and oxygen atoms in total. The van der Waals surface area contributed by atoms with E-state index >= 15 is 0 Å². The van der Waals surface area contributed by atoms with Gasteiger partial charge in [0, 0.05) is 32.4 Å². The summed E-state index contributed by atoms with van der Waals surface area (Å²) in [5.41, 5.74) is 0.561. The van der Waals surface area contributed by atoms with Crippen molar-refractivity contribution in [3.05, 3.63) is 18.2 Å². The van der Waals surface area contributed by atoms with Crippen LogP contribution in [0.25, 0.3) is 0 Å². The molecule has 2 atom stereocenters. The zero-order valence-electron chi connectivity index (χ0n) is 10.1. The standard InChI is InChI=1S/C12H18N4O/c1-15-6-11(14-8-15)12(17)16-5-9-3-2-4-13-10(9)7-16/h6,8-10,13H,2-5,7H2,1H3/t9-,10+/m0/s1. The third-order valence-electron chi connectivity index (χ3n) is 3.81. The van der Waals surface area contributed by atoms with Crippen LogP contribution >= 0.6 is 0 Å². The maximum atomic E-state index is 12.2. The van der Waals surface area contributed by atoms with Crippen molar-refractivity contribution in [1.82, 2.24) is 19.8 Å². The first-order chi connectivity index (χ1) is 8.24. The van der Waals surface area contributed by atoms with Crippen molar-refractivity contribution in [3.63, 3.8) is 0 Å². The second-order valence-corrected chi connectivity index (χ2v) is 5.10. The normalized spacial score (nSPS) is 28.2. The van der Waals surface area contributed by atoms with Crippen LogP contribution in [0.3, 0.4) is 0 Å². The van der Waals surface area contributed by atoms with Gasteiger partial charge >= 0.3 is 0 Å². The van der Waals surface area contributed by atoms with Crippen LogP contribution in [0.2, 0.25) is 0 Å². The van der Waals surface area contributed by atoms with Gasteiger partial charge in [-0.2, -0.15) is 0 Å². The Labute approximate surface area is 101 Å². The van der Waals surface area contributed by atoms with Crippen molar-refractivity contribution < 1.29 is 4.79 Å². The van der Waals surface area contributed by atoms with Gasteiger partial charge in [0.1, 0.15) is 5.69 Å². The highest BCUT2D eigenvalue weighted by molar-refractivity contribution is 5.92. The van der Waals surface area contributed by atoms with Crippen molar-refractivity contribution >= 4 is 5.91 Å². The Morgan fingerprint density at radius 2 is 2.41 bits per heavy atom. The van der Waals surface area contributed by atoms with Crippen LogP contribution in [0.15, 0.2) is 12.5 Å². The predicted octanol–water partition coefficient (Wildman–Crippen LogP) is 0.244. The van der Waals surface area contributed by atoms with Gasteiger partial charge in [-0.05, 0) is 25.3 Å². The van der Waals surface area contributed by atoms with E-state index in [1.165, 1.54) is 12.8 Å². The van der Waals surface area contributed by atoms with Crippen molar-refractivity contribution in [2.45, 2.75) is 18.9 Å². The van der Waals surface area contributed by atoms with Crippen molar-refractivity contribution in [2.75, 3.05) is 19.6 Å². The fraction of sp³-hybridized carbons (Fsp3) is 0.667. The van der Waals surface area contributed by atoms with Crippen molar-refractivity contribution in [1.29, 1.82) is 0 Å². The van der Waals surface area contributed by atoms with Gasteiger partial charge in [0.25, 0.3) is 5.91 Å². The summed E-state index contributed by atoms with van der Waals surface area (Å²) in [4.78, 5) is 18.3. The predicted molar refractivity (Wildman–Crippen MR) is 63.6 cm³/mol. The molecule has 1 aromatic heterocycles. The molecule has 0 unspecified atom stereocenters. The van der Waals surface area contributed by atoms with Crippen LogP contribution in [0.4, 0.5) is 0 Å². The lowest BCUT2D eigenvalue weighted by atomic mass is 9.94. The van der Waals surface area contributed by atoms with E-state index in [4.69, 9.17) is 0 Å². The third-order valence-corrected chi connectivity index (χ3v) is 3.81. The summed E-state index contributed by atoms with van der Waals surface area (Å²) in [7, 11) is 1.88. The number of hydrogen-bond acceptors (Lipinski definition) is 3. The fourth-order valence-corrected chi connectivity index (χ4v) is 2.90. The summed E-state index contributed by atoms with van der Waals surface area (Å²) in [6.07, 6.45) is 5.93. The van der Waals surface area contributed by atoms with E-state index in [-0.39, 0.29) is 5.91 Å². The second-order valence-electron chi connectivity index (χ2n) is 5.10. The van der Waals surface area contributed by atoms with Crippen LogP contribution in [0, 0.1) is 5.92 Å². The number of aryl methyl sites for hydroxylation is 1. The van der Waals surface area contributed by atoms with Gasteiger partial charge in [0.15, 0.2) is 0 Å². The van der Waals surface area contributed by atoms with Gasteiger partial charge in [-0.3, -0.25) is 4.79 Å². The Hall–Kier alpha value is -1.36. The SMILES string of the molecule is Cn1cnc(C(=O)N2C[C@@H]3CCCN[C@@H]3C2)c1. The minimum Gasteiger partial charge on any atom is -0.340 e. The van der Waals surface area contributed by atoms with Gasteiger partial charge in [0.05, 0.1) is 6.33 Å². The number of carbonyl (C=O) groups excluding carboxylic acids is 1. The molecule has 5 heteroatoms. The zero-order chi connectivity index (χ0) is 11.8. The number of nitrogens with zero attached hydrogens (tertiary/aromatic N) is 3. The lowest BCUT2D eigenvalue weighted by Crippen LogP contribution is -2.41. The number of aromatic nitrogens is 2. The van der Waals surface area contributed by atoms with Gasteiger partial charge < -0.3 is 14.8 Å². The highest BCUT2D eigenvalue weighted by atomic mass is 16.2. The molecule has 1 amide bonds. The van der Waals surface area contributed by atoms with Gasteiger partial charge in [0.2, 0.25) is 0 Å². The minimum atomic E-state index is 0.0711. The lowest BCUT2D eigenvalue weighted by Gasteiger charge is -2.24. The third kappa shape index (κ3) is 1.95. The highest BCUT2D eigenvalue weighted by Crippen LogP contribution is 2.25. The highest BCUT2D eigenvalue weighted by Gasteiger charge is 2.36. The first kappa shape index (κ1) is 10.8. The molecule has 0 aliphatic carbocycles. The number of fused-ring (bicyclic) bond motifs is 1. The van der Waals surface area contributed by atoms with E-state index in [9.17, 15) is 4.79 Å². The molecule has 1 N–H and O–H groups in total. The number of carbonyl (C=O) groups is 1. The molecule has 0 saturated carbocycles. The van der Waals surface area contributed by atoms with E-state index in [1.807, 2.05) is 16.5 Å². The molecule has 17 heavy (non-hydrogen) atoms. The van der Waals surface area contributed by atoms with E-state index in [0.29, 0.717) is 17.7 Å². The van der Waals surface area contributed by atoms with E-state index in [2.05, 4.69) is 10.3 Å². The van der Waals surface area contributed by atoms with Crippen molar-refractivity contribution in [3.8, 4) is 0 Å². The van der Waals surface area contributed by atoms with Crippen LogP contribution in [-0.2, 0) is 7.05 Å². The Bertz CT molecular complexity index is 414. The Kier molecular flexibility index (Phi) is 2.63. The average molecular weight is 234 g/mol. The summed E-state index contributed by atoms with van der Waals surface area (Å²) in [5, 5.41) is 3.50. The van der Waals surface area contributed by atoms with Gasteiger partial charge in [-0.15, -0.1) is 0 Å². The minimum absolute atomic E-state index is 0.0711. The molecule has 0 spiro atoms. The van der Waals surface area contributed by atoms with Gasteiger partial charge in [-0.1, -0.05) is 0 Å². The summed E-state index contributed by atoms with van der Waals surface area (Å²) in [5.74, 6) is 0.707.